The van der Waals surface area contributed by atoms with Crippen molar-refractivity contribution in [1.29, 1.82) is 0 Å². The van der Waals surface area contributed by atoms with E-state index in [4.69, 9.17) is 0 Å². The predicted molar refractivity (Wildman–Crippen MR) is 74.7 cm³/mol. The molecule has 0 radical (unpaired) electrons. The molecule has 0 rings (SSSR count). The summed E-state index contributed by atoms with van der Waals surface area (Å²) in [5.74, 6) is 0.619. The van der Waals surface area contributed by atoms with Crippen LogP contribution < -0.4 is 5.32 Å². The summed E-state index contributed by atoms with van der Waals surface area (Å²) < 4.78 is 0. The fourth-order valence-electron chi connectivity index (χ4n) is 1.47. The Morgan fingerprint density at radius 3 is 2.06 bits per heavy atom. The predicted octanol–water partition coefficient (Wildman–Crippen LogP) is 4.31. The molecule has 0 saturated heterocycles. The first kappa shape index (κ1) is 15.4. The van der Waals surface area contributed by atoms with Gasteiger partial charge in [-0.25, -0.2) is 0 Å². The van der Waals surface area contributed by atoms with Crippen molar-refractivity contribution in [2.75, 3.05) is 6.54 Å². The Kier molecular flexibility index (Phi) is 8.28. The molecule has 1 heteroatoms. The number of hydrogen-bond donors (Lipinski definition) is 1. The molecular weight excluding hydrogens is 194 g/mol. The van der Waals surface area contributed by atoms with Gasteiger partial charge in [-0.1, -0.05) is 57.9 Å². The molecule has 0 saturated carbocycles. The Morgan fingerprint density at radius 1 is 1.06 bits per heavy atom. The first-order valence-corrected chi connectivity index (χ1v) is 6.60. The van der Waals surface area contributed by atoms with E-state index in [2.05, 4.69) is 59.0 Å². The number of allylic oxidation sites excluding steroid dienone is 3. The number of hydrogen-bond acceptors (Lipinski definition) is 1. The molecular formula is C15H29N. The summed E-state index contributed by atoms with van der Waals surface area (Å²) in [6, 6.07) is 0.577. The topological polar surface area (TPSA) is 12.0 Å². The molecule has 0 aromatic rings. The Balaban J connectivity index is 4.25. The van der Waals surface area contributed by atoms with E-state index in [0.29, 0.717) is 12.0 Å². The van der Waals surface area contributed by atoms with Crippen LogP contribution in [0.1, 0.15) is 54.4 Å². The van der Waals surface area contributed by atoms with Crippen LogP contribution in [0.2, 0.25) is 0 Å². The van der Waals surface area contributed by atoms with Gasteiger partial charge in [0.1, 0.15) is 0 Å². The normalized spacial score (nSPS) is 14.1. The van der Waals surface area contributed by atoms with Crippen molar-refractivity contribution in [2.45, 2.75) is 60.4 Å². The highest BCUT2D eigenvalue weighted by Crippen LogP contribution is 2.12. The Bertz CT molecular complexity index is 230. The van der Waals surface area contributed by atoms with Crippen LogP contribution >= 0.6 is 0 Å². The first-order valence-electron chi connectivity index (χ1n) is 6.60. The van der Waals surface area contributed by atoms with Gasteiger partial charge in [0.05, 0.1) is 0 Å². The molecule has 0 bridgehead atoms. The van der Waals surface area contributed by atoms with E-state index >= 15 is 0 Å². The molecule has 0 spiro atoms. The molecule has 1 N–H and O–H groups in total. The van der Waals surface area contributed by atoms with E-state index < -0.39 is 0 Å². The van der Waals surface area contributed by atoms with Gasteiger partial charge in [0.2, 0.25) is 0 Å². The van der Waals surface area contributed by atoms with Crippen molar-refractivity contribution in [1.82, 2.24) is 5.32 Å². The second-order valence-electron chi connectivity index (χ2n) is 4.91. The lowest BCUT2D eigenvalue weighted by atomic mass is 10.0. The lowest BCUT2D eigenvalue weighted by Gasteiger charge is -2.15. The van der Waals surface area contributed by atoms with Gasteiger partial charge in [0.25, 0.3) is 0 Å². The molecule has 1 nitrogen and oxygen atoms in total. The lowest BCUT2D eigenvalue weighted by Crippen LogP contribution is -2.28. The Hall–Kier alpha value is -0.560. The van der Waals surface area contributed by atoms with Crippen molar-refractivity contribution in [2.24, 2.45) is 5.92 Å². The van der Waals surface area contributed by atoms with Crippen LogP contribution in [0.4, 0.5) is 0 Å². The highest BCUT2D eigenvalue weighted by atomic mass is 14.9. The molecule has 0 aliphatic carbocycles. The molecule has 0 aliphatic rings. The molecule has 0 aromatic heterocycles. The van der Waals surface area contributed by atoms with Crippen LogP contribution in [-0.2, 0) is 0 Å². The van der Waals surface area contributed by atoms with E-state index in [-0.39, 0.29) is 0 Å². The van der Waals surface area contributed by atoms with Crippen LogP contribution in [0.3, 0.4) is 0 Å². The minimum absolute atomic E-state index is 0.577. The Labute approximate surface area is 102 Å². The summed E-state index contributed by atoms with van der Waals surface area (Å²) in [4.78, 5) is 0. The third-order valence-corrected chi connectivity index (χ3v) is 3.10. The maximum absolute atomic E-state index is 3.48. The van der Waals surface area contributed by atoms with Gasteiger partial charge in [0.15, 0.2) is 0 Å². The SMILES string of the molecule is CCC(=C/C=C(\C)[C@H](C)CNC(C)C)CC. The summed E-state index contributed by atoms with van der Waals surface area (Å²) in [5.41, 5.74) is 3.00. The number of rotatable bonds is 7. The minimum atomic E-state index is 0.577. The van der Waals surface area contributed by atoms with Gasteiger partial charge < -0.3 is 5.32 Å². The third kappa shape index (κ3) is 6.84. The molecule has 0 heterocycles. The van der Waals surface area contributed by atoms with E-state index in [9.17, 15) is 0 Å². The smallest absolute Gasteiger partial charge is 0.00166 e. The second kappa shape index (κ2) is 8.58. The molecule has 0 unspecified atom stereocenters. The van der Waals surface area contributed by atoms with Crippen LogP contribution in [0.5, 0.6) is 0 Å². The summed E-state index contributed by atoms with van der Waals surface area (Å²) in [7, 11) is 0. The van der Waals surface area contributed by atoms with E-state index in [1.165, 1.54) is 24.0 Å². The standard InChI is InChI=1S/C15H29N/c1-7-15(8-2)10-9-13(5)14(6)11-16-12(3)4/h9-10,12,14,16H,7-8,11H2,1-6H3/b13-9+/t14-/m1/s1. The summed E-state index contributed by atoms with van der Waals surface area (Å²) in [5, 5.41) is 3.48. The first-order chi connectivity index (χ1) is 7.51. The zero-order valence-electron chi connectivity index (χ0n) is 11.9. The van der Waals surface area contributed by atoms with Crippen LogP contribution in [0.25, 0.3) is 0 Å². The van der Waals surface area contributed by atoms with Gasteiger partial charge in [0, 0.05) is 12.6 Å². The average molecular weight is 223 g/mol. The molecule has 16 heavy (non-hydrogen) atoms. The molecule has 94 valence electrons. The largest absolute Gasteiger partial charge is 0.314 e. The maximum atomic E-state index is 3.48. The summed E-state index contributed by atoms with van der Waals surface area (Å²) in [6.07, 6.45) is 6.91. The van der Waals surface area contributed by atoms with Crippen molar-refractivity contribution < 1.29 is 0 Å². The third-order valence-electron chi connectivity index (χ3n) is 3.10. The van der Waals surface area contributed by atoms with Crippen LogP contribution in [0, 0.1) is 5.92 Å². The fourth-order valence-corrected chi connectivity index (χ4v) is 1.47. The highest BCUT2D eigenvalue weighted by Gasteiger charge is 2.03. The van der Waals surface area contributed by atoms with Gasteiger partial charge in [-0.3, -0.25) is 0 Å². The quantitative estimate of drug-likeness (QED) is 0.634. The van der Waals surface area contributed by atoms with Crippen molar-refractivity contribution >= 4 is 0 Å². The highest BCUT2D eigenvalue weighted by molar-refractivity contribution is 5.17. The average Bonchev–Trinajstić information content (AvgIpc) is 2.26. The summed E-state index contributed by atoms with van der Waals surface area (Å²) >= 11 is 0. The van der Waals surface area contributed by atoms with E-state index in [1.807, 2.05) is 0 Å². The van der Waals surface area contributed by atoms with Gasteiger partial charge in [-0.05, 0) is 25.7 Å². The van der Waals surface area contributed by atoms with Crippen LogP contribution in [-0.4, -0.2) is 12.6 Å². The van der Waals surface area contributed by atoms with Crippen molar-refractivity contribution in [3.8, 4) is 0 Å². The molecule has 1 atom stereocenters. The molecule has 0 fully saturated rings. The minimum Gasteiger partial charge on any atom is -0.314 e. The van der Waals surface area contributed by atoms with Crippen molar-refractivity contribution in [3.63, 3.8) is 0 Å². The Morgan fingerprint density at radius 2 is 1.62 bits per heavy atom. The zero-order valence-corrected chi connectivity index (χ0v) is 11.9. The monoisotopic (exact) mass is 223 g/mol. The van der Waals surface area contributed by atoms with Gasteiger partial charge in [-0.15, -0.1) is 0 Å². The van der Waals surface area contributed by atoms with E-state index in [1.54, 1.807) is 0 Å². The molecule has 0 aromatic carbocycles. The second-order valence-corrected chi connectivity index (χ2v) is 4.91. The van der Waals surface area contributed by atoms with Gasteiger partial charge in [-0.2, -0.15) is 0 Å². The summed E-state index contributed by atoms with van der Waals surface area (Å²) in [6.45, 7) is 14.4. The van der Waals surface area contributed by atoms with E-state index in [0.717, 1.165) is 6.54 Å². The molecule has 0 aliphatic heterocycles. The maximum Gasteiger partial charge on any atom is 0.00166 e. The number of nitrogens with one attached hydrogen (secondary N) is 1. The van der Waals surface area contributed by atoms with Crippen molar-refractivity contribution in [3.05, 3.63) is 23.3 Å². The molecule has 0 amide bonds. The van der Waals surface area contributed by atoms with Crippen LogP contribution in [0.15, 0.2) is 23.3 Å². The zero-order chi connectivity index (χ0) is 12.6. The lowest BCUT2D eigenvalue weighted by molar-refractivity contribution is 0.519. The van der Waals surface area contributed by atoms with Gasteiger partial charge >= 0.3 is 0 Å². The fraction of sp³-hybridized carbons (Fsp3) is 0.733.